The topological polar surface area (TPSA) is 55.1 Å². The molecule has 0 aliphatic rings. The molecule has 1 heterocycles. The van der Waals surface area contributed by atoms with Crippen LogP contribution in [0.1, 0.15) is 24.8 Å². The predicted octanol–water partition coefficient (Wildman–Crippen LogP) is 3.05. The molecule has 1 atom stereocenters. The van der Waals surface area contributed by atoms with E-state index < -0.39 is 6.04 Å². The molecule has 0 aliphatic heterocycles. The summed E-state index contributed by atoms with van der Waals surface area (Å²) < 4.78 is 1.92. The summed E-state index contributed by atoms with van der Waals surface area (Å²) in [5, 5.41) is 3.17. The second kappa shape index (κ2) is 6.14. The van der Waals surface area contributed by atoms with E-state index in [2.05, 4.69) is 51.0 Å². The first-order valence-corrected chi connectivity index (χ1v) is 7.29. The van der Waals surface area contributed by atoms with Gasteiger partial charge in [-0.2, -0.15) is 0 Å². The summed E-state index contributed by atoms with van der Waals surface area (Å²) in [7, 11) is 0. The van der Waals surface area contributed by atoms with Gasteiger partial charge in [0.2, 0.25) is 5.91 Å². The highest BCUT2D eigenvalue weighted by Gasteiger charge is 2.20. The number of nitrogens with two attached hydrogens (primary N) is 1. The molecule has 16 heavy (non-hydrogen) atoms. The summed E-state index contributed by atoms with van der Waals surface area (Å²) in [6.07, 6.45) is 0. The van der Waals surface area contributed by atoms with Gasteiger partial charge in [0.25, 0.3) is 0 Å². The van der Waals surface area contributed by atoms with Crippen LogP contribution in [-0.2, 0) is 4.79 Å². The molecule has 0 aliphatic carbocycles. The zero-order chi connectivity index (χ0) is 12.3. The van der Waals surface area contributed by atoms with Gasteiger partial charge in [0, 0.05) is 9.35 Å². The van der Waals surface area contributed by atoms with Crippen LogP contribution in [0.5, 0.6) is 0 Å². The van der Waals surface area contributed by atoms with Crippen LogP contribution in [0.25, 0.3) is 0 Å². The summed E-state index contributed by atoms with van der Waals surface area (Å²) in [5.74, 6) is 0.135. The molecule has 1 amide bonds. The van der Waals surface area contributed by atoms with Crippen LogP contribution in [-0.4, -0.2) is 12.5 Å². The Kier molecular flexibility index (Phi) is 5.43. The van der Waals surface area contributed by atoms with Crippen LogP contribution < -0.4 is 11.1 Å². The molecule has 0 bridgehead atoms. The molecule has 0 saturated carbocycles. The fourth-order valence-corrected chi connectivity index (χ4v) is 3.37. The lowest BCUT2D eigenvalue weighted by Crippen LogP contribution is -2.35. The average Bonchev–Trinajstić information content (AvgIpc) is 2.46. The normalized spacial score (nSPS) is 13.1. The Balaban J connectivity index is 2.81. The quantitative estimate of drug-likeness (QED) is 0.837. The second-order valence-corrected chi connectivity index (χ2v) is 7.16. The predicted molar refractivity (Wildman–Crippen MR) is 74.5 cm³/mol. The van der Waals surface area contributed by atoms with E-state index in [1.165, 1.54) is 11.3 Å². The van der Waals surface area contributed by atoms with Crippen molar-refractivity contribution in [3.8, 4) is 0 Å². The Morgan fingerprint density at radius 3 is 2.56 bits per heavy atom. The van der Waals surface area contributed by atoms with E-state index in [0.29, 0.717) is 5.92 Å². The summed E-state index contributed by atoms with van der Waals surface area (Å²) in [6.45, 7) is 4.94. The summed E-state index contributed by atoms with van der Waals surface area (Å²) >= 11 is 8.31. The van der Waals surface area contributed by atoms with Crippen molar-refractivity contribution in [2.75, 3.05) is 6.54 Å². The SMILES string of the molecule is CC(C)CNC(C(N)=O)c1cc(Br)c(Br)s1. The standard InChI is InChI=1S/C10H14Br2N2OS/c1-5(2)4-14-8(10(13)15)7-3-6(11)9(12)16-7/h3,5,8,14H,4H2,1-2H3,(H2,13,15). The highest BCUT2D eigenvalue weighted by Crippen LogP contribution is 2.35. The maximum atomic E-state index is 11.4. The van der Waals surface area contributed by atoms with Crippen molar-refractivity contribution in [2.45, 2.75) is 19.9 Å². The number of rotatable bonds is 5. The monoisotopic (exact) mass is 368 g/mol. The Bertz CT molecular complexity index is 359. The van der Waals surface area contributed by atoms with E-state index in [0.717, 1.165) is 19.7 Å². The maximum absolute atomic E-state index is 11.4. The number of primary amides is 1. The van der Waals surface area contributed by atoms with Gasteiger partial charge in [-0.25, -0.2) is 0 Å². The zero-order valence-electron chi connectivity index (χ0n) is 9.09. The van der Waals surface area contributed by atoms with Crippen molar-refractivity contribution in [2.24, 2.45) is 11.7 Å². The maximum Gasteiger partial charge on any atom is 0.239 e. The van der Waals surface area contributed by atoms with Gasteiger partial charge in [0.05, 0.1) is 3.79 Å². The smallest absolute Gasteiger partial charge is 0.239 e. The van der Waals surface area contributed by atoms with E-state index in [9.17, 15) is 4.79 Å². The van der Waals surface area contributed by atoms with Gasteiger partial charge >= 0.3 is 0 Å². The van der Waals surface area contributed by atoms with E-state index in [1.54, 1.807) is 0 Å². The number of halogens is 2. The van der Waals surface area contributed by atoms with Gasteiger partial charge in [-0.3, -0.25) is 4.79 Å². The molecule has 0 radical (unpaired) electrons. The number of carbonyl (C=O) groups is 1. The van der Waals surface area contributed by atoms with Crippen molar-refractivity contribution in [3.05, 3.63) is 19.2 Å². The summed E-state index contributed by atoms with van der Waals surface area (Å²) in [5.41, 5.74) is 5.39. The van der Waals surface area contributed by atoms with Crippen molar-refractivity contribution in [1.82, 2.24) is 5.32 Å². The van der Waals surface area contributed by atoms with Crippen LogP contribution >= 0.6 is 43.2 Å². The Labute approximate surface area is 116 Å². The molecular formula is C10H14Br2N2OS. The molecule has 0 fully saturated rings. The second-order valence-electron chi connectivity index (χ2n) is 3.91. The van der Waals surface area contributed by atoms with Crippen LogP contribution in [0, 0.1) is 5.92 Å². The molecule has 1 aromatic rings. The molecule has 6 heteroatoms. The minimum Gasteiger partial charge on any atom is -0.368 e. The molecule has 3 nitrogen and oxygen atoms in total. The average molecular weight is 370 g/mol. The van der Waals surface area contributed by atoms with Gasteiger partial charge in [0.15, 0.2) is 0 Å². The third-order valence-electron chi connectivity index (χ3n) is 1.96. The van der Waals surface area contributed by atoms with Gasteiger partial charge in [-0.1, -0.05) is 13.8 Å². The first-order chi connectivity index (χ1) is 7.41. The van der Waals surface area contributed by atoms with Gasteiger partial charge in [-0.15, -0.1) is 11.3 Å². The van der Waals surface area contributed by atoms with Crippen molar-refractivity contribution < 1.29 is 4.79 Å². The Hall–Kier alpha value is 0.0900. The lowest BCUT2D eigenvalue weighted by atomic mass is 10.2. The van der Waals surface area contributed by atoms with Crippen LogP contribution in [0.4, 0.5) is 0 Å². The van der Waals surface area contributed by atoms with Crippen LogP contribution in [0.15, 0.2) is 14.3 Å². The number of nitrogens with one attached hydrogen (secondary N) is 1. The Morgan fingerprint density at radius 1 is 1.56 bits per heavy atom. The molecule has 1 rings (SSSR count). The lowest BCUT2D eigenvalue weighted by Gasteiger charge is -2.15. The fraction of sp³-hybridized carbons (Fsp3) is 0.500. The van der Waals surface area contributed by atoms with Gasteiger partial charge < -0.3 is 11.1 Å². The van der Waals surface area contributed by atoms with Crippen molar-refractivity contribution in [3.63, 3.8) is 0 Å². The fourth-order valence-electron chi connectivity index (χ4n) is 1.20. The first-order valence-electron chi connectivity index (χ1n) is 4.89. The minimum atomic E-state index is -0.407. The number of thiophene rings is 1. The molecule has 90 valence electrons. The third-order valence-corrected chi connectivity index (χ3v) is 5.28. The molecule has 3 N–H and O–H groups in total. The van der Waals surface area contributed by atoms with Crippen LogP contribution in [0.2, 0.25) is 0 Å². The van der Waals surface area contributed by atoms with Gasteiger partial charge in [0.1, 0.15) is 6.04 Å². The number of amides is 1. The molecule has 0 spiro atoms. The molecule has 0 saturated heterocycles. The largest absolute Gasteiger partial charge is 0.368 e. The highest BCUT2D eigenvalue weighted by atomic mass is 79.9. The summed E-state index contributed by atoms with van der Waals surface area (Å²) in [6, 6.07) is 1.51. The Morgan fingerprint density at radius 2 is 2.19 bits per heavy atom. The number of carbonyl (C=O) groups excluding carboxylic acids is 1. The number of hydrogen-bond acceptors (Lipinski definition) is 3. The zero-order valence-corrected chi connectivity index (χ0v) is 13.1. The van der Waals surface area contributed by atoms with Crippen molar-refractivity contribution in [1.29, 1.82) is 0 Å². The first kappa shape index (κ1) is 14.2. The molecule has 1 aromatic heterocycles. The summed E-state index contributed by atoms with van der Waals surface area (Å²) in [4.78, 5) is 12.3. The van der Waals surface area contributed by atoms with E-state index in [-0.39, 0.29) is 5.91 Å². The third kappa shape index (κ3) is 3.84. The lowest BCUT2D eigenvalue weighted by molar-refractivity contribution is -0.120. The number of hydrogen-bond donors (Lipinski definition) is 2. The minimum absolute atomic E-state index is 0.345. The molecule has 1 unspecified atom stereocenters. The molecular weight excluding hydrogens is 356 g/mol. The van der Waals surface area contributed by atoms with Crippen molar-refractivity contribution >= 4 is 49.1 Å². The van der Waals surface area contributed by atoms with Gasteiger partial charge in [-0.05, 0) is 50.4 Å². The molecule has 0 aromatic carbocycles. The van der Waals surface area contributed by atoms with Crippen LogP contribution in [0.3, 0.4) is 0 Å². The highest BCUT2D eigenvalue weighted by molar-refractivity contribution is 9.13. The van der Waals surface area contributed by atoms with E-state index in [1.807, 2.05) is 6.07 Å². The van der Waals surface area contributed by atoms with E-state index in [4.69, 9.17) is 5.73 Å². The van der Waals surface area contributed by atoms with E-state index >= 15 is 0 Å².